The number of rotatable bonds is 6. The van der Waals surface area contributed by atoms with Crippen LogP contribution in [-0.2, 0) is 15.3 Å². The number of fused-ring (bicyclic) bond motifs is 1. The Morgan fingerprint density at radius 1 is 1.11 bits per heavy atom. The average molecular weight is 521 g/mol. The Bertz CT molecular complexity index is 1130. The van der Waals surface area contributed by atoms with E-state index >= 15 is 0 Å². The minimum atomic E-state index is -0.454. The maximum Gasteiger partial charge on any atom is 0.409 e. The summed E-state index contributed by atoms with van der Waals surface area (Å²) in [6.07, 6.45) is -0.365. The van der Waals surface area contributed by atoms with Crippen LogP contribution in [0.25, 0.3) is 0 Å². The predicted molar refractivity (Wildman–Crippen MR) is 135 cm³/mol. The average Bonchev–Trinajstić information content (AvgIpc) is 2.85. The molecule has 0 spiro atoms. The van der Waals surface area contributed by atoms with E-state index in [9.17, 15) is 18.8 Å². The zero-order valence-corrected chi connectivity index (χ0v) is 20.8. The molecule has 1 saturated heterocycles. The second-order valence-corrected chi connectivity index (χ2v) is 9.61. The summed E-state index contributed by atoms with van der Waals surface area (Å²) in [5.41, 5.74) is 2.56. The van der Waals surface area contributed by atoms with Crippen molar-refractivity contribution in [3.8, 4) is 0 Å². The van der Waals surface area contributed by atoms with Gasteiger partial charge in [0.2, 0.25) is 5.91 Å². The highest BCUT2D eigenvalue weighted by Gasteiger charge is 2.28. The van der Waals surface area contributed by atoms with Gasteiger partial charge in [0.25, 0.3) is 5.91 Å². The lowest BCUT2D eigenvalue weighted by Gasteiger charge is -2.34. The normalized spacial score (nSPS) is 17.3. The van der Waals surface area contributed by atoms with E-state index in [0.29, 0.717) is 60.6 Å². The van der Waals surface area contributed by atoms with Crippen molar-refractivity contribution >= 4 is 52.6 Å². The molecule has 0 bridgehead atoms. The SMILES string of the molecule is CCOC(=O)N1CCN(C(=O)c2ccc3c(c2)NC(=O)C(CSCc2ccc(F)cc2Cl)N3)CC1. The van der Waals surface area contributed by atoms with Gasteiger partial charge in [0.1, 0.15) is 11.9 Å². The van der Waals surface area contributed by atoms with Gasteiger partial charge in [-0.05, 0) is 42.8 Å². The fraction of sp³-hybridized carbons (Fsp3) is 0.375. The number of anilines is 2. The van der Waals surface area contributed by atoms with E-state index in [1.807, 2.05) is 0 Å². The topological polar surface area (TPSA) is 91.0 Å². The summed E-state index contributed by atoms with van der Waals surface area (Å²) in [5.74, 6) is 0.311. The van der Waals surface area contributed by atoms with Crippen LogP contribution in [0.4, 0.5) is 20.6 Å². The van der Waals surface area contributed by atoms with E-state index in [1.54, 1.807) is 41.0 Å². The van der Waals surface area contributed by atoms with E-state index in [1.165, 1.54) is 23.9 Å². The first-order valence-corrected chi connectivity index (χ1v) is 12.8. The highest BCUT2D eigenvalue weighted by molar-refractivity contribution is 7.98. The van der Waals surface area contributed by atoms with E-state index in [-0.39, 0.29) is 23.7 Å². The van der Waals surface area contributed by atoms with Gasteiger partial charge in [-0.1, -0.05) is 17.7 Å². The molecular weight excluding hydrogens is 495 g/mol. The molecule has 1 atom stereocenters. The fourth-order valence-electron chi connectivity index (χ4n) is 3.91. The lowest BCUT2D eigenvalue weighted by atomic mass is 10.1. The monoisotopic (exact) mass is 520 g/mol. The van der Waals surface area contributed by atoms with Crippen LogP contribution < -0.4 is 10.6 Å². The van der Waals surface area contributed by atoms with Crippen molar-refractivity contribution in [2.75, 3.05) is 49.2 Å². The third-order valence-corrected chi connectivity index (χ3v) is 7.26. The third-order valence-electron chi connectivity index (χ3n) is 5.82. The number of halogens is 2. The van der Waals surface area contributed by atoms with Gasteiger partial charge in [-0.15, -0.1) is 0 Å². The molecule has 186 valence electrons. The van der Waals surface area contributed by atoms with Crippen molar-refractivity contribution < 1.29 is 23.5 Å². The van der Waals surface area contributed by atoms with Gasteiger partial charge in [-0.2, -0.15) is 11.8 Å². The largest absolute Gasteiger partial charge is 0.450 e. The number of hydrogen-bond acceptors (Lipinski definition) is 6. The number of thioether (sulfide) groups is 1. The molecule has 0 saturated carbocycles. The van der Waals surface area contributed by atoms with Crippen LogP contribution in [-0.4, -0.2) is 72.3 Å². The van der Waals surface area contributed by atoms with Gasteiger partial charge in [0.15, 0.2) is 0 Å². The molecule has 2 aromatic carbocycles. The van der Waals surface area contributed by atoms with Crippen LogP contribution in [0.2, 0.25) is 5.02 Å². The highest BCUT2D eigenvalue weighted by atomic mass is 35.5. The zero-order chi connectivity index (χ0) is 24.9. The van der Waals surface area contributed by atoms with E-state index in [0.717, 1.165) is 11.3 Å². The summed E-state index contributed by atoms with van der Waals surface area (Å²) >= 11 is 7.59. The van der Waals surface area contributed by atoms with Crippen molar-refractivity contribution in [2.45, 2.75) is 18.7 Å². The molecule has 2 N–H and O–H groups in total. The number of nitrogens with zero attached hydrogens (tertiary/aromatic N) is 2. The fourth-order valence-corrected chi connectivity index (χ4v) is 5.29. The number of carbonyl (C=O) groups excluding carboxylic acids is 3. The molecule has 2 aromatic rings. The van der Waals surface area contributed by atoms with Gasteiger partial charge >= 0.3 is 6.09 Å². The van der Waals surface area contributed by atoms with Crippen LogP contribution in [0, 0.1) is 5.82 Å². The maximum absolute atomic E-state index is 13.2. The molecule has 2 heterocycles. The van der Waals surface area contributed by atoms with Gasteiger partial charge in [0.05, 0.1) is 18.0 Å². The molecule has 2 aliphatic rings. The number of amides is 3. The number of carbonyl (C=O) groups is 3. The summed E-state index contributed by atoms with van der Waals surface area (Å²) < 4.78 is 18.2. The number of benzene rings is 2. The molecule has 0 radical (unpaired) electrons. The molecule has 1 fully saturated rings. The number of hydrogen-bond donors (Lipinski definition) is 2. The second-order valence-electron chi connectivity index (χ2n) is 8.18. The Hall–Kier alpha value is -2.98. The Labute approximate surface area is 212 Å². The van der Waals surface area contributed by atoms with Crippen LogP contribution in [0.1, 0.15) is 22.8 Å². The summed E-state index contributed by atoms with van der Waals surface area (Å²) in [6, 6.07) is 9.01. The number of piperazine rings is 1. The molecule has 2 aliphatic heterocycles. The molecule has 3 amide bonds. The van der Waals surface area contributed by atoms with Crippen molar-refractivity contribution in [2.24, 2.45) is 0 Å². The predicted octanol–water partition coefficient (Wildman–Crippen LogP) is 4.06. The van der Waals surface area contributed by atoms with Crippen LogP contribution in [0.15, 0.2) is 36.4 Å². The minimum absolute atomic E-state index is 0.153. The maximum atomic E-state index is 13.2. The third kappa shape index (κ3) is 5.99. The first-order valence-electron chi connectivity index (χ1n) is 11.3. The lowest BCUT2D eigenvalue weighted by molar-refractivity contribution is -0.116. The van der Waals surface area contributed by atoms with Crippen LogP contribution >= 0.6 is 23.4 Å². The summed E-state index contributed by atoms with van der Waals surface area (Å²) in [6.45, 7) is 3.72. The van der Waals surface area contributed by atoms with Crippen molar-refractivity contribution in [1.82, 2.24) is 9.80 Å². The van der Waals surface area contributed by atoms with E-state index in [2.05, 4.69) is 10.6 Å². The molecule has 8 nitrogen and oxygen atoms in total. The quantitative estimate of drug-likeness (QED) is 0.597. The van der Waals surface area contributed by atoms with Gasteiger partial charge in [-0.25, -0.2) is 9.18 Å². The number of nitrogens with one attached hydrogen (secondary N) is 2. The smallest absolute Gasteiger partial charge is 0.409 e. The van der Waals surface area contributed by atoms with Gasteiger partial charge < -0.3 is 25.2 Å². The Morgan fingerprint density at radius 2 is 1.86 bits per heavy atom. The standard InChI is InChI=1S/C24H26ClFN4O4S/c1-2-34-24(33)30-9-7-29(8-10-30)23(32)15-4-6-19-20(11-15)28-22(31)21(27-19)14-35-13-16-3-5-17(26)12-18(16)25/h3-6,11-12,21,27H,2,7-10,13-14H2,1H3,(H,28,31). The van der Waals surface area contributed by atoms with Gasteiger partial charge in [-0.3, -0.25) is 9.59 Å². The Morgan fingerprint density at radius 3 is 2.57 bits per heavy atom. The van der Waals surface area contributed by atoms with Crippen molar-refractivity contribution in [3.63, 3.8) is 0 Å². The first-order chi connectivity index (χ1) is 16.9. The second kappa shape index (κ2) is 11.2. The van der Waals surface area contributed by atoms with Gasteiger partial charge in [0, 0.05) is 48.3 Å². The van der Waals surface area contributed by atoms with Crippen molar-refractivity contribution in [3.05, 3.63) is 58.4 Å². The molecule has 0 aromatic heterocycles. The molecular formula is C24H26ClFN4O4S. The molecule has 0 aliphatic carbocycles. The lowest BCUT2D eigenvalue weighted by Crippen LogP contribution is -2.50. The molecule has 4 rings (SSSR count). The summed E-state index contributed by atoms with van der Waals surface area (Å²) in [4.78, 5) is 40.8. The summed E-state index contributed by atoms with van der Waals surface area (Å²) in [5, 5.41) is 6.47. The van der Waals surface area contributed by atoms with E-state index in [4.69, 9.17) is 16.3 Å². The van der Waals surface area contributed by atoms with E-state index < -0.39 is 6.04 Å². The van der Waals surface area contributed by atoms with Crippen molar-refractivity contribution in [1.29, 1.82) is 0 Å². The minimum Gasteiger partial charge on any atom is -0.450 e. The first kappa shape index (κ1) is 25.1. The van der Waals surface area contributed by atoms with Crippen LogP contribution in [0.3, 0.4) is 0 Å². The molecule has 11 heteroatoms. The zero-order valence-electron chi connectivity index (χ0n) is 19.2. The summed E-state index contributed by atoms with van der Waals surface area (Å²) in [7, 11) is 0. The highest BCUT2D eigenvalue weighted by Crippen LogP contribution is 2.30. The number of ether oxygens (including phenoxy) is 1. The van der Waals surface area contributed by atoms with Crippen LogP contribution in [0.5, 0.6) is 0 Å². The molecule has 35 heavy (non-hydrogen) atoms. The molecule has 1 unspecified atom stereocenters. The Kier molecular flexibility index (Phi) is 8.02. The Balaban J connectivity index is 1.32.